The Morgan fingerprint density at radius 3 is 2.70 bits per heavy atom. The predicted octanol–water partition coefficient (Wildman–Crippen LogP) is 4.27. The Balaban J connectivity index is 1.93. The molecule has 8 heteroatoms. The van der Waals surface area contributed by atoms with Gasteiger partial charge >= 0.3 is 6.03 Å². The molecule has 1 aliphatic heterocycles. The first-order valence-corrected chi connectivity index (χ1v) is 8.64. The first-order valence-electron chi connectivity index (χ1n) is 6.65. The molecular weight excluding hydrogens is 407 g/mol. The summed E-state index contributed by atoms with van der Waals surface area (Å²) in [7, 11) is 0. The largest absolute Gasteiger partial charge is 0.325 e. The standard InChI is InChI=1S/C15H11BrClFN2O2S/c1-15(10-4-2-8(18)6-11(10)17)13(21)20(14(22)19-15)7-9-3-5-12(16)23-9/h2-6H,7H2,1H3,(H,19,22). The summed E-state index contributed by atoms with van der Waals surface area (Å²) in [6, 6.07) is 6.96. The number of halogens is 3. The highest BCUT2D eigenvalue weighted by atomic mass is 79.9. The molecule has 0 aliphatic carbocycles. The van der Waals surface area contributed by atoms with Crippen molar-refractivity contribution in [3.8, 4) is 0 Å². The normalized spacial score (nSPS) is 21.0. The number of hydrogen-bond donors (Lipinski definition) is 1. The van der Waals surface area contributed by atoms with Gasteiger partial charge in [0, 0.05) is 15.5 Å². The summed E-state index contributed by atoms with van der Waals surface area (Å²) >= 11 is 10.9. The summed E-state index contributed by atoms with van der Waals surface area (Å²) in [5.41, 5.74) is -0.940. The molecule has 2 heterocycles. The number of amides is 3. The van der Waals surface area contributed by atoms with Gasteiger partial charge in [-0.1, -0.05) is 17.7 Å². The average molecular weight is 418 g/mol. The third-order valence-electron chi connectivity index (χ3n) is 3.69. The van der Waals surface area contributed by atoms with Crippen molar-refractivity contribution >= 4 is 50.8 Å². The molecule has 1 aromatic heterocycles. The van der Waals surface area contributed by atoms with Gasteiger partial charge in [0.15, 0.2) is 0 Å². The zero-order valence-electron chi connectivity index (χ0n) is 11.9. The van der Waals surface area contributed by atoms with Crippen LogP contribution < -0.4 is 5.32 Å². The van der Waals surface area contributed by atoms with Crippen molar-refractivity contribution in [1.29, 1.82) is 0 Å². The van der Waals surface area contributed by atoms with Crippen molar-refractivity contribution in [1.82, 2.24) is 10.2 Å². The molecule has 1 unspecified atom stereocenters. The topological polar surface area (TPSA) is 49.4 Å². The minimum Gasteiger partial charge on any atom is -0.319 e. The number of benzene rings is 1. The maximum absolute atomic E-state index is 13.2. The SMILES string of the molecule is CC1(c2ccc(F)cc2Cl)NC(=O)N(Cc2ccc(Br)s2)C1=O. The third kappa shape index (κ3) is 2.88. The van der Waals surface area contributed by atoms with E-state index in [9.17, 15) is 14.0 Å². The van der Waals surface area contributed by atoms with Crippen LogP contribution in [0.5, 0.6) is 0 Å². The van der Waals surface area contributed by atoms with Gasteiger partial charge < -0.3 is 5.32 Å². The summed E-state index contributed by atoms with van der Waals surface area (Å²) in [4.78, 5) is 27.0. The van der Waals surface area contributed by atoms with Crippen LogP contribution in [-0.4, -0.2) is 16.8 Å². The van der Waals surface area contributed by atoms with E-state index in [1.165, 1.54) is 23.5 Å². The lowest BCUT2D eigenvalue weighted by Crippen LogP contribution is -2.41. The summed E-state index contributed by atoms with van der Waals surface area (Å²) in [5, 5.41) is 2.76. The molecule has 1 saturated heterocycles. The molecule has 120 valence electrons. The van der Waals surface area contributed by atoms with Crippen LogP contribution in [0.2, 0.25) is 5.02 Å². The molecular formula is C15H11BrClFN2O2S. The highest BCUT2D eigenvalue weighted by molar-refractivity contribution is 9.11. The Kier molecular flexibility index (Phi) is 4.20. The second-order valence-electron chi connectivity index (χ2n) is 5.28. The van der Waals surface area contributed by atoms with Gasteiger partial charge in [0.05, 0.1) is 10.3 Å². The van der Waals surface area contributed by atoms with Crippen LogP contribution in [0.15, 0.2) is 34.1 Å². The predicted molar refractivity (Wildman–Crippen MR) is 89.9 cm³/mol. The fourth-order valence-electron chi connectivity index (χ4n) is 2.51. The highest BCUT2D eigenvalue weighted by Gasteiger charge is 2.49. The minimum absolute atomic E-state index is 0.0990. The summed E-state index contributed by atoms with van der Waals surface area (Å²) in [6.07, 6.45) is 0. The minimum atomic E-state index is -1.31. The number of nitrogens with one attached hydrogen (secondary N) is 1. The number of thiophene rings is 1. The Morgan fingerprint density at radius 2 is 2.09 bits per heavy atom. The van der Waals surface area contributed by atoms with Gasteiger partial charge in [0.2, 0.25) is 0 Å². The van der Waals surface area contributed by atoms with Crippen LogP contribution >= 0.6 is 38.9 Å². The average Bonchev–Trinajstić information content (AvgIpc) is 2.96. The Morgan fingerprint density at radius 1 is 1.35 bits per heavy atom. The lowest BCUT2D eigenvalue weighted by molar-refractivity contribution is -0.131. The molecule has 1 aromatic carbocycles. The fourth-order valence-corrected chi connectivity index (χ4v) is 4.34. The van der Waals surface area contributed by atoms with Crippen molar-refractivity contribution in [3.05, 3.63) is 55.4 Å². The van der Waals surface area contributed by atoms with E-state index in [2.05, 4.69) is 21.2 Å². The van der Waals surface area contributed by atoms with E-state index in [1.807, 2.05) is 12.1 Å². The van der Waals surface area contributed by atoms with Gasteiger partial charge in [-0.3, -0.25) is 9.69 Å². The van der Waals surface area contributed by atoms with E-state index in [0.29, 0.717) is 5.56 Å². The number of urea groups is 1. The van der Waals surface area contributed by atoms with Crippen molar-refractivity contribution in [2.75, 3.05) is 0 Å². The van der Waals surface area contributed by atoms with E-state index in [0.717, 1.165) is 19.6 Å². The van der Waals surface area contributed by atoms with Crippen molar-refractivity contribution in [2.24, 2.45) is 0 Å². The quantitative estimate of drug-likeness (QED) is 0.758. The second kappa shape index (κ2) is 5.89. The molecule has 1 fully saturated rings. The molecule has 4 nitrogen and oxygen atoms in total. The molecule has 0 radical (unpaired) electrons. The summed E-state index contributed by atoms with van der Waals surface area (Å²) in [6.45, 7) is 1.74. The molecule has 23 heavy (non-hydrogen) atoms. The van der Waals surface area contributed by atoms with E-state index in [-0.39, 0.29) is 11.6 Å². The van der Waals surface area contributed by atoms with Gasteiger partial charge in [-0.15, -0.1) is 11.3 Å². The monoisotopic (exact) mass is 416 g/mol. The molecule has 0 saturated carbocycles. The van der Waals surface area contributed by atoms with Gasteiger partial charge in [-0.2, -0.15) is 0 Å². The van der Waals surface area contributed by atoms with E-state index in [4.69, 9.17) is 11.6 Å². The van der Waals surface area contributed by atoms with E-state index < -0.39 is 23.3 Å². The zero-order valence-corrected chi connectivity index (χ0v) is 15.1. The highest BCUT2D eigenvalue weighted by Crippen LogP contribution is 2.35. The maximum atomic E-state index is 13.2. The maximum Gasteiger partial charge on any atom is 0.325 e. The molecule has 3 rings (SSSR count). The van der Waals surface area contributed by atoms with E-state index >= 15 is 0 Å². The zero-order chi connectivity index (χ0) is 16.8. The van der Waals surface area contributed by atoms with Crippen molar-refractivity contribution in [3.63, 3.8) is 0 Å². The first kappa shape index (κ1) is 16.4. The van der Waals surface area contributed by atoms with Crippen LogP contribution in [0.25, 0.3) is 0 Å². The Bertz CT molecular complexity index is 813. The Labute approximate surface area is 149 Å². The van der Waals surface area contributed by atoms with Crippen molar-refractivity contribution < 1.29 is 14.0 Å². The van der Waals surface area contributed by atoms with Crippen molar-refractivity contribution in [2.45, 2.75) is 19.0 Å². The lowest BCUT2D eigenvalue weighted by Gasteiger charge is -2.23. The van der Waals surface area contributed by atoms with Crippen LogP contribution in [0, 0.1) is 5.82 Å². The number of rotatable bonds is 3. The van der Waals surface area contributed by atoms with Crippen LogP contribution in [0.4, 0.5) is 9.18 Å². The molecule has 1 N–H and O–H groups in total. The van der Waals surface area contributed by atoms with Gasteiger partial charge in [0.25, 0.3) is 5.91 Å². The lowest BCUT2D eigenvalue weighted by atomic mass is 9.92. The number of carbonyl (C=O) groups excluding carboxylic acids is 2. The molecule has 1 aliphatic rings. The number of imide groups is 1. The summed E-state index contributed by atoms with van der Waals surface area (Å²) in [5.74, 6) is -0.917. The van der Waals surface area contributed by atoms with Crippen LogP contribution in [0.1, 0.15) is 17.4 Å². The molecule has 2 aromatic rings. The number of nitrogens with zero attached hydrogens (tertiary/aromatic N) is 1. The van der Waals surface area contributed by atoms with Gasteiger partial charge in [-0.25, -0.2) is 9.18 Å². The summed E-state index contributed by atoms with van der Waals surface area (Å²) < 4.78 is 14.1. The first-order chi connectivity index (χ1) is 10.8. The molecule has 0 bridgehead atoms. The van der Waals surface area contributed by atoms with Gasteiger partial charge in [-0.05, 0) is 47.1 Å². The molecule has 0 spiro atoms. The fraction of sp³-hybridized carbons (Fsp3) is 0.200. The molecule has 3 amide bonds. The second-order valence-corrected chi connectivity index (χ2v) is 8.23. The number of carbonyl (C=O) groups is 2. The Hall–Kier alpha value is -1.44. The van der Waals surface area contributed by atoms with E-state index in [1.54, 1.807) is 6.92 Å². The molecule has 1 atom stereocenters. The van der Waals surface area contributed by atoms with Crippen LogP contribution in [-0.2, 0) is 16.9 Å². The number of hydrogen-bond acceptors (Lipinski definition) is 3. The smallest absolute Gasteiger partial charge is 0.319 e. The van der Waals surface area contributed by atoms with Gasteiger partial charge in [0.1, 0.15) is 11.4 Å². The van der Waals surface area contributed by atoms with Crippen LogP contribution in [0.3, 0.4) is 0 Å². The third-order valence-corrected chi connectivity index (χ3v) is 5.61.